The first-order chi connectivity index (χ1) is 7.67. The Morgan fingerprint density at radius 2 is 1.76 bits per heavy atom. The maximum absolute atomic E-state index is 13.3. The fraction of sp³-hybridized carbons (Fsp3) is 0.333. The molecule has 1 unspecified atom stereocenters. The summed E-state index contributed by atoms with van der Waals surface area (Å²) in [6.45, 7) is 0. The number of nitrogens with zero attached hydrogens (tertiary/aromatic N) is 2. The van der Waals surface area contributed by atoms with Crippen LogP contribution in [0.1, 0.15) is 0 Å². The van der Waals surface area contributed by atoms with Gasteiger partial charge in [-0.05, 0) is 35.3 Å². The van der Waals surface area contributed by atoms with Crippen molar-refractivity contribution in [3.8, 4) is 0 Å². The molecule has 3 nitrogen and oxygen atoms in total. The molecule has 0 saturated heterocycles. The van der Waals surface area contributed by atoms with Gasteiger partial charge in [-0.3, -0.25) is 4.31 Å². The average Bonchev–Trinajstić information content (AvgIpc) is 2.27. The Morgan fingerprint density at radius 3 is 2.18 bits per heavy atom. The lowest BCUT2D eigenvalue weighted by Crippen LogP contribution is -2.45. The van der Waals surface area contributed by atoms with E-state index in [2.05, 4.69) is 0 Å². The summed E-state index contributed by atoms with van der Waals surface area (Å²) in [5.41, 5.74) is 0.580. The van der Waals surface area contributed by atoms with Crippen LogP contribution in [-0.4, -0.2) is 27.3 Å². The maximum Gasteiger partial charge on any atom is 0.328 e. The van der Waals surface area contributed by atoms with Crippen molar-refractivity contribution >= 4 is 48.9 Å². The first-order valence-electron chi connectivity index (χ1n) is 4.52. The van der Waals surface area contributed by atoms with E-state index in [1.807, 2.05) is 0 Å². The molecule has 0 aliphatic carbocycles. The zero-order valence-electron chi connectivity index (χ0n) is 9.14. The van der Waals surface area contributed by atoms with E-state index < -0.39 is 13.6 Å². The SMILES string of the molecule is CN(c1ccccc1)S(=O)(=S)N(C)C(F)(Cl)Cl. The smallest absolute Gasteiger partial charge is 0.282 e. The van der Waals surface area contributed by atoms with Gasteiger partial charge in [-0.2, -0.15) is 4.39 Å². The van der Waals surface area contributed by atoms with E-state index in [0.717, 1.165) is 7.05 Å². The fourth-order valence-electron chi connectivity index (χ4n) is 1.09. The molecule has 1 atom stereocenters. The first kappa shape index (κ1) is 14.9. The van der Waals surface area contributed by atoms with Gasteiger partial charge in [-0.1, -0.05) is 18.2 Å². The van der Waals surface area contributed by atoms with Gasteiger partial charge in [-0.15, -0.1) is 4.31 Å². The molecule has 0 bridgehead atoms. The van der Waals surface area contributed by atoms with Crippen molar-refractivity contribution in [3.05, 3.63) is 30.3 Å². The average molecular weight is 317 g/mol. The van der Waals surface area contributed by atoms with Crippen LogP contribution in [0, 0.1) is 0 Å². The van der Waals surface area contributed by atoms with Gasteiger partial charge in [0.1, 0.15) is 0 Å². The summed E-state index contributed by atoms with van der Waals surface area (Å²) in [6, 6.07) is 8.70. The highest BCUT2D eigenvalue weighted by Gasteiger charge is 2.37. The highest BCUT2D eigenvalue weighted by Crippen LogP contribution is 2.31. The van der Waals surface area contributed by atoms with Crippen LogP contribution >= 0.6 is 23.2 Å². The van der Waals surface area contributed by atoms with Gasteiger partial charge in [-0.25, -0.2) is 4.21 Å². The molecule has 96 valence electrons. The molecule has 8 heteroatoms. The second kappa shape index (κ2) is 5.24. The Hall–Kier alpha value is -0.140. The Bertz CT molecular complexity index is 476. The summed E-state index contributed by atoms with van der Waals surface area (Å²) in [7, 11) is -0.640. The van der Waals surface area contributed by atoms with Gasteiger partial charge in [0, 0.05) is 25.3 Å². The van der Waals surface area contributed by atoms with Crippen LogP contribution in [0.4, 0.5) is 10.1 Å². The Labute approximate surface area is 115 Å². The number of rotatable bonds is 4. The van der Waals surface area contributed by atoms with E-state index >= 15 is 0 Å². The molecule has 0 heterocycles. The summed E-state index contributed by atoms with van der Waals surface area (Å²) in [5, 5.41) is 0. The topological polar surface area (TPSA) is 23.6 Å². The van der Waals surface area contributed by atoms with Crippen molar-refractivity contribution in [2.24, 2.45) is 0 Å². The van der Waals surface area contributed by atoms with E-state index in [1.54, 1.807) is 30.3 Å². The molecule has 1 aromatic carbocycles. The number of anilines is 1. The largest absolute Gasteiger partial charge is 0.328 e. The molecular weight excluding hydrogens is 306 g/mol. The van der Waals surface area contributed by atoms with Gasteiger partial charge >= 0.3 is 4.71 Å². The third-order valence-corrected chi connectivity index (χ3v) is 6.06. The lowest BCUT2D eigenvalue weighted by molar-refractivity contribution is 0.242. The molecule has 1 rings (SSSR count). The number of hydrogen-bond donors (Lipinski definition) is 0. The van der Waals surface area contributed by atoms with Crippen LogP contribution in [0.5, 0.6) is 0 Å². The molecular formula is C9H11Cl2FN2OS2. The quantitative estimate of drug-likeness (QED) is 0.630. The maximum atomic E-state index is 13.3. The van der Waals surface area contributed by atoms with Gasteiger partial charge in [0.05, 0.1) is 5.69 Å². The van der Waals surface area contributed by atoms with E-state index in [9.17, 15) is 8.60 Å². The molecule has 17 heavy (non-hydrogen) atoms. The van der Waals surface area contributed by atoms with Crippen LogP contribution in [0.2, 0.25) is 0 Å². The van der Waals surface area contributed by atoms with Gasteiger partial charge in [0.2, 0.25) is 0 Å². The molecule has 0 N–H and O–H groups in total. The van der Waals surface area contributed by atoms with Crippen LogP contribution in [-0.2, 0) is 20.1 Å². The summed E-state index contributed by atoms with van der Waals surface area (Å²) >= 11 is 15.4. The molecule has 0 aromatic heterocycles. The minimum Gasteiger partial charge on any atom is -0.282 e. The van der Waals surface area contributed by atoms with Crippen molar-refractivity contribution in [1.29, 1.82) is 0 Å². The molecule has 0 amide bonds. The predicted molar refractivity (Wildman–Crippen MR) is 73.7 cm³/mol. The molecule has 0 aliphatic rings. The van der Waals surface area contributed by atoms with E-state index in [0.29, 0.717) is 9.99 Å². The van der Waals surface area contributed by atoms with E-state index in [-0.39, 0.29) is 0 Å². The second-order valence-corrected chi connectivity index (χ2v) is 7.74. The minimum absolute atomic E-state index is 0.580. The highest BCUT2D eigenvalue weighted by atomic mass is 35.5. The van der Waals surface area contributed by atoms with Crippen LogP contribution < -0.4 is 4.31 Å². The monoisotopic (exact) mass is 316 g/mol. The standard InChI is InChI=1S/C9H11Cl2FN2OS2/c1-13(8-6-4-3-5-7-8)17(15,16)14(2)9(10,11)12/h3-7H,1-2H3. The normalized spacial score (nSPS) is 15.6. The Balaban J connectivity index is 3.08. The zero-order valence-corrected chi connectivity index (χ0v) is 12.3. The lowest BCUT2D eigenvalue weighted by atomic mass is 10.3. The van der Waals surface area contributed by atoms with Crippen molar-refractivity contribution in [1.82, 2.24) is 4.31 Å². The Kier molecular flexibility index (Phi) is 4.60. The fourth-order valence-corrected chi connectivity index (χ4v) is 3.48. The summed E-state index contributed by atoms with van der Waals surface area (Å²) < 4.78 is 24.7. The zero-order chi connectivity index (χ0) is 13.3. The summed E-state index contributed by atoms with van der Waals surface area (Å²) in [4.78, 5) is 0. The minimum atomic E-state index is -3.29. The third kappa shape index (κ3) is 3.42. The van der Waals surface area contributed by atoms with E-state index in [4.69, 9.17) is 34.4 Å². The Morgan fingerprint density at radius 1 is 1.29 bits per heavy atom. The van der Waals surface area contributed by atoms with Gasteiger partial charge < -0.3 is 0 Å². The molecule has 0 radical (unpaired) electrons. The molecule has 0 fully saturated rings. The van der Waals surface area contributed by atoms with Crippen LogP contribution in [0.3, 0.4) is 0 Å². The molecule has 0 saturated carbocycles. The number of halogens is 3. The number of benzene rings is 1. The summed E-state index contributed by atoms with van der Waals surface area (Å²) in [5.74, 6) is 0. The second-order valence-electron chi connectivity index (χ2n) is 3.25. The number of para-hydroxylation sites is 1. The predicted octanol–water partition coefficient (Wildman–Crippen LogP) is 2.69. The first-order valence-corrected chi connectivity index (χ1v) is 7.67. The van der Waals surface area contributed by atoms with Crippen LogP contribution in [0.15, 0.2) is 30.3 Å². The van der Waals surface area contributed by atoms with Crippen molar-refractivity contribution in [3.63, 3.8) is 0 Å². The van der Waals surface area contributed by atoms with Crippen molar-refractivity contribution in [2.75, 3.05) is 18.4 Å². The third-order valence-electron chi connectivity index (χ3n) is 2.17. The van der Waals surface area contributed by atoms with Crippen molar-refractivity contribution in [2.45, 2.75) is 4.71 Å². The van der Waals surface area contributed by atoms with Crippen LogP contribution in [0.25, 0.3) is 0 Å². The molecule has 0 aliphatic heterocycles. The lowest BCUT2D eigenvalue weighted by Gasteiger charge is -2.31. The van der Waals surface area contributed by atoms with Gasteiger partial charge in [0.25, 0.3) is 0 Å². The number of alkyl halides is 3. The van der Waals surface area contributed by atoms with Gasteiger partial charge in [0.15, 0.2) is 8.86 Å². The molecule has 1 aromatic rings. The highest BCUT2D eigenvalue weighted by molar-refractivity contribution is 8.32. The van der Waals surface area contributed by atoms with Crippen molar-refractivity contribution < 1.29 is 8.60 Å². The summed E-state index contributed by atoms with van der Waals surface area (Å²) in [6.07, 6.45) is 0. The van der Waals surface area contributed by atoms with E-state index in [1.165, 1.54) is 11.4 Å². The number of hydrogen-bond acceptors (Lipinski definition) is 2. The molecule has 0 spiro atoms.